The van der Waals surface area contributed by atoms with Crippen molar-refractivity contribution in [3.8, 4) is 0 Å². The minimum absolute atomic E-state index is 0.0877. The Morgan fingerprint density at radius 1 is 1.12 bits per heavy atom. The van der Waals surface area contributed by atoms with Crippen molar-refractivity contribution in [1.29, 1.82) is 0 Å². The Balaban J connectivity index is 1.87. The van der Waals surface area contributed by atoms with E-state index in [9.17, 15) is 13.2 Å². The summed E-state index contributed by atoms with van der Waals surface area (Å²) in [5.41, 5.74) is 4.28. The van der Waals surface area contributed by atoms with E-state index in [1.165, 1.54) is 4.31 Å². The van der Waals surface area contributed by atoms with Gasteiger partial charge in [-0.3, -0.25) is 9.10 Å². The van der Waals surface area contributed by atoms with Crippen LogP contribution < -0.4 is 9.21 Å². The van der Waals surface area contributed by atoms with Crippen LogP contribution in [0.1, 0.15) is 34.8 Å². The number of hydrogen-bond acceptors (Lipinski definition) is 3. The summed E-state index contributed by atoms with van der Waals surface area (Å²) < 4.78 is 25.5. The molecule has 1 fully saturated rings. The van der Waals surface area contributed by atoms with E-state index in [0.29, 0.717) is 30.8 Å². The Hall–Kier alpha value is -2.34. The molecule has 1 amide bonds. The molecule has 0 aliphatic carbocycles. The lowest BCUT2D eigenvalue weighted by Crippen LogP contribution is -2.31. The predicted molar refractivity (Wildman–Crippen MR) is 105 cm³/mol. The minimum atomic E-state index is -3.21. The molecule has 0 bridgehead atoms. The van der Waals surface area contributed by atoms with Crippen LogP contribution in [0.5, 0.6) is 0 Å². The quantitative estimate of drug-likeness (QED) is 0.825. The SMILES string of the molecule is CCN(C(=O)c1ccc(N2CCCS2(=O)=O)cc1)c1ccc(C)cc1C. The molecule has 26 heavy (non-hydrogen) atoms. The second-order valence-electron chi connectivity index (χ2n) is 6.63. The van der Waals surface area contributed by atoms with Crippen molar-refractivity contribution < 1.29 is 13.2 Å². The van der Waals surface area contributed by atoms with Crippen LogP contribution >= 0.6 is 0 Å². The average molecular weight is 372 g/mol. The monoisotopic (exact) mass is 372 g/mol. The third-order valence-corrected chi connectivity index (χ3v) is 6.58. The number of sulfonamides is 1. The maximum atomic E-state index is 13.0. The lowest BCUT2D eigenvalue weighted by molar-refractivity contribution is 0.0988. The van der Waals surface area contributed by atoms with Crippen LogP contribution in [-0.2, 0) is 10.0 Å². The van der Waals surface area contributed by atoms with E-state index in [4.69, 9.17) is 0 Å². The molecular formula is C20H24N2O3S. The van der Waals surface area contributed by atoms with Gasteiger partial charge in [0, 0.05) is 24.3 Å². The maximum Gasteiger partial charge on any atom is 0.258 e. The van der Waals surface area contributed by atoms with Crippen molar-refractivity contribution in [2.75, 3.05) is 28.0 Å². The molecule has 0 N–H and O–H groups in total. The number of rotatable bonds is 4. The Kier molecular flexibility index (Phi) is 5.05. The molecule has 3 rings (SSSR count). The summed E-state index contributed by atoms with van der Waals surface area (Å²) >= 11 is 0. The fourth-order valence-corrected chi connectivity index (χ4v) is 4.95. The van der Waals surface area contributed by atoms with Gasteiger partial charge in [0.25, 0.3) is 5.91 Å². The molecule has 0 unspecified atom stereocenters. The predicted octanol–water partition coefficient (Wildman–Crippen LogP) is 3.51. The standard InChI is InChI=1S/C20H24N2O3S/c1-4-21(19-11-6-15(2)14-16(19)3)20(23)17-7-9-18(10-8-17)22-12-5-13-26(22,24)25/h6-11,14H,4-5,12-13H2,1-3H3. The number of aryl methyl sites for hydroxylation is 2. The van der Waals surface area contributed by atoms with Gasteiger partial charge in [-0.05, 0) is 63.1 Å². The number of hydrogen-bond donors (Lipinski definition) is 0. The molecule has 2 aromatic rings. The van der Waals surface area contributed by atoms with Gasteiger partial charge in [-0.2, -0.15) is 0 Å². The van der Waals surface area contributed by atoms with E-state index in [1.54, 1.807) is 29.2 Å². The molecule has 138 valence electrons. The highest BCUT2D eigenvalue weighted by Crippen LogP contribution is 2.26. The van der Waals surface area contributed by atoms with Crippen LogP contribution in [0, 0.1) is 13.8 Å². The van der Waals surface area contributed by atoms with E-state index >= 15 is 0 Å². The Morgan fingerprint density at radius 3 is 2.35 bits per heavy atom. The third kappa shape index (κ3) is 3.46. The summed E-state index contributed by atoms with van der Waals surface area (Å²) in [6.45, 7) is 7.03. The van der Waals surface area contributed by atoms with E-state index < -0.39 is 10.0 Å². The maximum absolute atomic E-state index is 13.0. The van der Waals surface area contributed by atoms with E-state index in [-0.39, 0.29) is 11.7 Å². The summed E-state index contributed by atoms with van der Waals surface area (Å²) in [6, 6.07) is 12.9. The molecule has 0 spiro atoms. The Morgan fingerprint density at radius 2 is 1.81 bits per heavy atom. The first kappa shape index (κ1) is 18.5. The molecule has 1 heterocycles. The van der Waals surface area contributed by atoms with Gasteiger partial charge in [0.15, 0.2) is 0 Å². The second kappa shape index (κ2) is 7.11. The van der Waals surface area contributed by atoms with Crippen molar-refractivity contribution in [1.82, 2.24) is 0 Å². The van der Waals surface area contributed by atoms with Crippen LogP contribution in [0.2, 0.25) is 0 Å². The van der Waals surface area contributed by atoms with Crippen LogP contribution in [0.4, 0.5) is 11.4 Å². The first-order valence-corrected chi connectivity index (χ1v) is 10.4. The van der Waals surface area contributed by atoms with Gasteiger partial charge < -0.3 is 4.90 Å². The van der Waals surface area contributed by atoms with Crippen LogP contribution in [0.3, 0.4) is 0 Å². The Labute approximate surface area is 155 Å². The lowest BCUT2D eigenvalue weighted by Gasteiger charge is -2.24. The van der Waals surface area contributed by atoms with Crippen molar-refractivity contribution in [3.05, 3.63) is 59.2 Å². The molecule has 6 heteroatoms. The highest BCUT2D eigenvalue weighted by atomic mass is 32.2. The smallest absolute Gasteiger partial charge is 0.258 e. The third-order valence-electron chi connectivity index (χ3n) is 4.71. The zero-order valence-electron chi connectivity index (χ0n) is 15.4. The first-order chi connectivity index (χ1) is 12.3. The zero-order valence-corrected chi connectivity index (χ0v) is 16.2. The fourth-order valence-electron chi connectivity index (χ4n) is 3.39. The van der Waals surface area contributed by atoms with E-state index in [1.807, 2.05) is 32.9 Å². The summed E-state index contributed by atoms with van der Waals surface area (Å²) in [4.78, 5) is 14.7. The molecule has 1 aliphatic heterocycles. The van der Waals surface area contributed by atoms with Crippen LogP contribution in [0.25, 0.3) is 0 Å². The number of amides is 1. The molecule has 5 nitrogen and oxygen atoms in total. The molecule has 0 saturated carbocycles. The topological polar surface area (TPSA) is 57.7 Å². The highest BCUT2D eigenvalue weighted by molar-refractivity contribution is 7.93. The lowest BCUT2D eigenvalue weighted by atomic mass is 10.1. The van der Waals surface area contributed by atoms with E-state index in [2.05, 4.69) is 6.07 Å². The number of nitrogens with zero attached hydrogens (tertiary/aromatic N) is 2. The summed E-state index contributed by atoms with van der Waals surface area (Å²) in [5.74, 6) is 0.0968. The van der Waals surface area contributed by atoms with E-state index in [0.717, 1.165) is 16.8 Å². The molecule has 0 radical (unpaired) electrons. The van der Waals surface area contributed by atoms with Gasteiger partial charge in [-0.1, -0.05) is 17.7 Å². The molecular weight excluding hydrogens is 348 g/mol. The minimum Gasteiger partial charge on any atom is -0.308 e. The van der Waals surface area contributed by atoms with Crippen molar-refractivity contribution in [2.24, 2.45) is 0 Å². The summed E-state index contributed by atoms with van der Waals surface area (Å²) in [5, 5.41) is 0. The van der Waals surface area contributed by atoms with Gasteiger partial charge in [0.2, 0.25) is 10.0 Å². The van der Waals surface area contributed by atoms with Gasteiger partial charge in [-0.25, -0.2) is 8.42 Å². The molecule has 0 aromatic heterocycles. The summed E-state index contributed by atoms with van der Waals surface area (Å²) in [7, 11) is -3.21. The molecule has 2 aromatic carbocycles. The number of benzene rings is 2. The van der Waals surface area contributed by atoms with Gasteiger partial charge >= 0.3 is 0 Å². The van der Waals surface area contributed by atoms with Crippen molar-refractivity contribution in [3.63, 3.8) is 0 Å². The van der Waals surface area contributed by atoms with Gasteiger partial charge in [0.05, 0.1) is 11.4 Å². The molecule has 1 saturated heterocycles. The second-order valence-corrected chi connectivity index (χ2v) is 8.64. The summed E-state index contributed by atoms with van der Waals surface area (Å²) in [6.07, 6.45) is 0.638. The van der Waals surface area contributed by atoms with Gasteiger partial charge in [0.1, 0.15) is 0 Å². The van der Waals surface area contributed by atoms with Crippen LogP contribution in [0.15, 0.2) is 42.5 Å². The molecule has 1 aliphatic rings. The number of carbonyl (C=O) groups excluding carboxylic acids is 1. The van der Waals surface area contributed by atoms with Crippen molar-refractivity contribution in [2.45, 2.75) is 27.2 Å². The van der Waals surface area contributed by atoms with Crippen molar-refractivity contribution >= 4 is 27.3 Å². The Bertz CT molecular complexity index is 921. The highest BCUT2D eigenvalue weighted by Gasteiger charge is 2.28. The largest absolute Gasteiger partial charge is 0.308 e. The number of anilines is 2. The zero-order chi connectivity index (χ0) is 18.9. The average Bonchev–Trinajstić information content (AvgIpc) is 2.96. The van der Waals surface area contributed by atoms with Crippen LogP contribution in [-0.4, -0.2) is 33.2 Å². The normalized spacial score (nSPS) is 15.9. The number of carbonyl (C=O) groups is 1. The van der Waals surface area contributed by atoms with Gasteiger partial charge in [-0.15, -0.1) is 0 Å². The first-order valence-electron chi connectivity index (χ1n) is 8.83. The fraction of sp³-hybridized carbons (Fsp3) is 0.350. The molecule has 0 atom stereocenters.